The van der Waals surface area contributed by atoms with Crippen LogP contribution in [0.4, 0.5) is 14.5 Å². The third-order valence-corrected chi connectivity index (χ3v) is 4.67. The van der Waals surface area contributed by atoms with E-state index in [2.05, 4.69) is 25.6 Å². The van der Waals surface area contributed by atoms with Crippen molar-refractivity contribution in [3.05, 3.63) is 81.8 Å². The summed E-state index contributed by atoms with van der Waals surface area (Å²) >= 11 is 0. The number of nitrogens with one attached hydrogen (secondary N) is 2. The van der Waals surface area contributed by atoms with Gasteiger partial charge in [0.2, 0.25) is 0 Å². The van der Waals surface area contributed by atoms with E-state index in [1.807, 2.05) is 0 Å². The van der Waals surface area contributed by atoms with Crippen molar-refractivity contribution in [1.82, 2.24) is 25.0 Å². The van der Waals surface area contributed by atoms with Gasteiger partial charge in [-0.15, -0.1) is 0 Å². The fraction of sp³-hybridized carbons (Fsp3) is 0.0526. The van der Waals surface area contributed by atoms with E-state index in [-0.39, 0.29) is 11.2 Å². The molecule has 7 nitrogen and oxygen atoms in total. The SMILES string of the molecule is Cn1ncnc1C1=C(c2ccc(F)cc2)Nc2cc(F)cc3c(=O)[nH]nc1c23. The molecule has 2 N–H and O–H groups in total. The standard InChI is InChI=1S/C19H12F2N6O/c1-27-18(22-8-23-27)15-16(9-2-4-10(20)5-3-9)24-13-7-11(21)6-12-14(13)17(15)25-26-19(12)28/h2-8,24H,1H3,(H,26,28). The highest BCUT2D eigenvalue weighted by Gasteiger charge is 2.28. The van der Waals surface area contributed by atoms with E-state index in [9.17, 15) is 13.6 Å². The molecule has 0 amide bonds. The maximum absolute atomic E-state index is 14.1. The molecule has 0 spiro atoms. The van der Waals surface area contributed by atoms with Gasteiger partial charge in [0.15, 0.2) is 5.82 Å². The van der Waals surface area contributed by atoms with E-state index in [4.69, 9.17) is 0 Å². The van der Waals surface area contributed by atoms with Crippen molar-refractivity contribution in [3.63, 3.8) is 0 Å². The lowest BCUT2D eigenvalue weighted by molar-refractivity contribution is 0.627. The Morgan fingerprint density at radius 2 is 1.86 bits per heavy atom. The first kappa shape index (κ1) is 16.3. The zero-order chi connectivity index (χ0) is 19.4. The summed E-state index contributed by atoms with van der Waals surface area (Å²) < 4.78 is 29.1. The second-order valence-corrected chi connectivity index (χ2v) is 6.37. The van der Waals surface area contributed by atoms with Gasteiger partial charge in [-0.05, 0) is 42.0 Å². The minimum atomic E-state index is -0.557. The topological polar surface area (TPSA) is 88.5 Å². The summed E-state index contributed by atoms with van der Waals surface area (Å²) in [5.74, 6) is -0.447. The van der Waals surface area contributed by atoms with Crippen LogP contribution in [0.2, 0.25) is 0 Å². The smallest absolute Gasteiger partial charge is 0.272 e. The molecule has 0 bridgehead atoms. The third-order valence-electron chi connectivity index (χ3n) is 4.67. The molecule has 0 unspecified atom stereocenters. The molecular weight excluding hydrogens is 366 g/mol. The van der Waals surface area contributed by atoms with E-state index in [0.717, 1.165) is 0 Å². The van der Waals surface area contributed by atoms with E-state index in [1.165, 1.54) is 30.6 Å². The van der Waals surface area contributed by atoms with Crippen LogP contribution in [0, 0.1) is 11.6 Å². The zero-order valence-corrected chi connectivity index (χ0v) is 14.5. The summed E-state index contributed by atoms with van der Waals surface area (Å²) in [6, 6.07) is 8.32. The minimum Gasteiger partial charge on any atom is -0.354 e. The Morgan fingerprint density at radius 3 is 2.57 bits per heavy atom. The lowest BCUT2D eigenvalue weighted by Gasteiger charge is -2.24. The number of nitrogens with zero attached hydrogens (tertiary/aromatic N) is 4. The minimum absolute atomic E-state index is 0.172. The largest absolute Gasteiger partial charge is 0.354 e. The van der Waals surface area contributed by atoms with Gasteiger partial charge in [0.25, 0.3) is 5.56 Å². The van der Waals surface area contributed by atoms with Gasteiger partial charge in [0.05, 0.1) is 22.3 Å². The Kier molecular flexibility index (Phi) is 3.38. The van der Waals surface area contributed by atoms with E-state index in [0.29, 0.717) is 39.4 Å². The molecule has 4 aromatic rings. The van der Waals surface area contributed by atoms with Crippen LogP contribution in [0.5, 0.6) is 0 Å². The Bertz CT molecular complexity index is 1340. The summed E-state index contributed by atoms with van der Waals surface area (Å²) in [5, 5.41) is 14.6. The van der Waals surface area contributed by atoms with Crippen molar-refractivity contribution in [1.29, 1.82) is 0 Å². The maximum atomic E-state index is 14.1. The molecule has 0 saturated heterocycles. The summed E-state index contributed by atoms with van der Waals surface area (Å²) in [6.45, 7) is 0. The fourth-order valence-electron chi connectivity index (χ4n) is 3.43. The average Bonchev–Trinajstić information content (AvgIpc) is 3.10. The van der Waals surface area contributed by atoms with Gasteiger partial charge in [0, 0.05) is 12.4 Å². The summed E-state index contributed by atoms with van der Waals surface area (Å²) in [5.41, 5.74) is 2.09. The monoisotopic (exact) mass is 378 g/mol. The molecule has 0 saturated carbocycles. The number of rotatable bonds is 2. The normalized spacial score (nSPS) is 13.1. The van der Waals surface area contributed by atoms with Crippen molar-refractivity contribution in [2.45, 2.75) is 0 Å². The summed E-state index contributed by atoms with van der Waals surface area (Å²) in [7, 11) is 1.72. The second-order valence-electron chi connectivity index (χ2n) is 6.37. The van der Waals surface area contributed by atoms with Crippen LogP contribution in [0.1, 0.15) is 17.1 Å². The van der Waals surface area contributed by atoms with E-state index < -0.39 is 11.4 Å². The van der Waals surface area contributed by atoms with Crippen molar-refractivity contribution in [3.8, 4) is 0 Å². The quantitative estimate of drug-likeness (QED) is 0.560. The number of aryl methyl sites for hydroxylation is 1. The molecule has 5 rings (SSSR count). The molecule has 0 atom stereocenters. The summed E-state index contributed by atoms with van der Waals surface area (Å²) in [6.07, 6.45) is 1.40. The number of aromatic nitrogens is 5. The first-order valence-corrected chi connectivity index (χ1v) is 8.37. The molecular formula is C19H12F2N6O. The van der Waals surface area contributed by atoms with Crippen molar-refractivity contribution in [2.24, 2.45) is 7.05 Å². The Morgan fingerprint density at radius 1 is 1.07 bits per heavy atom. The fourth-order valence-corrected chi connectivity index (χ4v) is 3.43. The molecule has 28 heavy (non-hydrogen) atoms. The van der Waals surface area contributed by atoms with Gasteiger partial charge in [-0.25, -0.2) is 23.5 Å². The number of anilines is 1. The Balaban J connectivity index is 1.92. The zero-order valence-electron chi connectivity index (χ0n) is 14.5. The first-order valence-electron chi connectivity index (χ1n) is 8.37. The van der Waals surface area contributed by atoms with Crippen molar-refractivity contribution >= 4 is 27.7 Å². The number of H-pyrrole nitrogens is 1. The van der Waals surface area contributed by atoms with Crippen molar-refractivity contribution < 1.29 is 8.78 Å². The van der Waals surface area contributed by atoms with Crippen LogP contribution < -0.4 is 10.9 Å². The highest BCUT2D eigenvalue weighted by molar-refractivity contribution is 6.14. The van der Waals surface area contributed by atoms with E-state index >= 15 is 0 Å². The number of halogens is 2. The molecule has 3 heterocycles. The van der Waals surface area contributed by atoms with Crippen LogP contribution >= 0.6 is 0 Å². The predicted octanol–water partition coefficient (Wildman–Crippen LogP) is 2.67. The number of aromatic amines is 1. The molecule has 1 aliphatic rings. The molecule has 2 aromatic heterocycles. The molecule has 0 aliphatic carbocycles. The molecule has 2 aromatic carbocycles. The molecule has 1 aliphatic heterocycles. The summed E-state index contributed by atoms with van der Waals surface area (Å²) in [4.78, 5) is 16.5. The van der Waals surface area contributed by atoms with Crippen LogP contribution in [0.15, 0.2) is 47.5 Å². The Hall–Kier alpha value is -3.88. The first-order chi connectivity index (χ1) is 13.5. The van der Waals surface area contributed by atoms with Crippen LogP contribution in [0.25, 0.3) is 22.0 Å². The second kappa shape index (κ2) is 5.81. The molecule has 0 fully saturated rings. The molecule has 9 heteroatoms. The molecule has 138 valence electrons. The highest BCUT2D eigenvalue weighted by atomic mass is 19.1. The number of hydrogen-bond donors (Lipinski definition) is 2. The third kappa shape index (κ3) is 2.33. The van der Waals surface area contributed by atoms with Gasteiger partial charge in [-0.1, -0.05) is 0 Å². The van der Waals surface area contributed by atoms with Crippen LogP contribution in [-0.2, 0) is 7.05 Å². The average molecular weight is 378 g/mol. The van der Waals surface area contributed by atoms with Crippen LogP contribution in [0.3, 0.4) is 0 Å². The maximum Gasteiger partial charge on any atom is 0.272 e. The Labute approximate surface area is 156 Å². The van der Waals surface area contributed by atoms with Crippen LogP contribution in [-0.4, -0.2) is 25.0 Å². The number of hydrogen-bond acceptors (Lipinski definition) is 5. The van der Waals surface area contributed by atoms with Gasteiger partial charge in [-0.3, -0.25) is 4.79 Å². The van der Waals surface area contributed by atoms with Gasteiger partial charge >= 0.3 is 0 Å². The van der Waals surface area contributed by atoms with Gasteiger partial charge in [0.1, 0.15) is 23.7 Å². The van der Waals surface area contributed by atoms with Gasteiger partial charge in [-0.2, -0.15) is 10.2 Å². The van der Waals surface area contributed by atoms with E-state index in [1.54, 1.807) is 23.9 Å². The lowest BCUT2D eigenvalue weighted by Crippen LogP contribution is -2.19. The number of benzene rings is 2. The van der Waals surface area contributed by atoms with Gasteiger partial charge < -0.3 is 5.32 Å². The highest BCUT2D eigenvalue weighted by Crippen LogP contribution is 2.41. The molecule has 0 radical (unpaired) electrons. The predicted molar refractivity (Wildman–Crippen MR) is 99.3 cm³/mol. The lowest BCUT2D eigenvalue weighted by atomic mass is 9.94. The van der Waals surface area contributed by atoms with Crippen molar-refractivity contribution in [2.75, 3.05) is 5.32 Å².